The molecule has 1 saturated heterocycles. The number of nitrogens with zero attached hydrogens (tertiary/aromatic N) is 3. The summed E-state index contributed by atoms with van der Waals surface area (Å²) in [6, 6.07) is 3.53. The summed E-state index contributed by atoms with van der Waals surface area (Å²) in [5, 5.41) is 0. The monoisotopic (exact) mass is 483 g/mol. The number of likely N-dealkylation sites (N-methyl/N-ethyl adjacent to an activating group) is 1. The van der Waals surface area contributed by atoms with Gasteiger partial charge in [-0.25, -0.2) is 0 Å². The van der Waals surface area contributed by atoms with Gasteiger partial charge in [-0.05, 0) is 54.8 Å². The van der Waals surface area contributed by atoms with Gasteiger partial charge in [0.25, 0.3) is 5.91 Å². The first-order chi connectivity index (χ1) is 14.4. The molecule has 30 heavy (non-hydrogen) atoms. The highest BCUT2D eigenvalue weighted by atomic mass is 79.9. The van der Waals surface area contributed by atoms with Gasteiger partial charge in [-0.2, -0.15) is 0 Å². The lowest BCUT2D eigenvalue weighted by Gasteiger charge is -2.25. The molecule has 7 nitrogen and oxygen atoms in total. The van der Waals surface area contributed by atoms with E-state index >= 15 is 0 Å². The quantitative estimate of drug-likeness (QED) is 0.539. The van der Waals surface area contributed by atoms with Crippen LogP contribution in [0.5, 0.6) is 11.5 Å². The van der Waals surface area contributed by atoms with E-state index in [9.17, 15) is 9.59 Å². The van der Waals surface area contributed by atoms with Crippen LogP contribution in [0.1, 0.15) is 44.0 Å². The van der Waals surface area contributed by atoms with Gasteiger partial charge in [0.1, 0.15) is 0 Å². The molecule has 1 heterocycles. The molecular weight excluding hydrogens is 450 g/mol. The second-order valence-corrected chi connectivity index (χ2v) is 8.18. The van der Waals surface area contributed by atoms with Gasteiger partial charge >= 0.3 is 0 Å². The van der Waals surface area contributed by atoms with E-state index in [1.165, 1.54) is 0 Å². The zero-order valence-electron chi connectivity index (χ0n) is 18.6. The van der Waals surface area contributed by atoms with Crippen LogP contribution in [0.4, 0.5) is 0 Å². The van der Waals surface area contributed by atoms with Crippen LogP contribution in [-0.2, 0) is 4.79 Å². The number of rotatable bonds is 9. The summed E-state index contributed by atoms with van der Waals surface area (Å²) in [4.78, 5) is 31.4. The minimum Gasteiger partial charge on any atom is -0.493 e. The molecule has 0 atom stereocenters. The topological polar surface area (TPSA) is 62.3 Å². The summed E-state index contributed by atoms with van der Waals surface area (Å²) in [7, 11) is 1.57. The van der Waals surface area contributed by atoms with Crippen molar-refractivity contribution >= 4 is 27.7 Å². The van der Waals surface area contributed by atoms with Gasteiger partial charge in [0.15, 0.2) is 11.5 Å². The normalized spacial score (nSPS) is 14.9. The third-order valence-electron chi connectivity index (χ3n) is 5.28. The Labute approximate surface area is 188 Å². The number of carbonyl (C=O) groups excluding carboxylic acids is 2. The van der Waals surface area contributed by atoms with Crippen molar-refractivity contribution in [2.45, 2.75) is 33.6 Å². The largest absolute Gasteiger partial charge is 0.493 e. The summed E-state index contributed by atoms with van der Waals surface area (Å²) >= 11 is 3.51. The Morgan fingerprint density at radius 1 is 1.10 bits per heavy atom. The van der Waals surface area contributed by atoms with Crippen molar-refractivity contribution < 1.29 is 19.1 Å². The number of methoxy groups -OCH3 is 1. The van der Waals surface area contributed by atoms with Crippen LogP contribution in [0.3, 0.4) is 0 Å². The van der Waals surface area contributed by atoms with Gasteiger partial charge in [0, 0.05) is 44.8 Å². The zero-order valence-corrected chi connectivity index (χ0v) is 20.2. The molecule has 1 aliphatic heterocycles. The molecule has 168 valence electrons. The number of hydrogen-bond donors (Lipinski definition) is 0. The number of amides is 2. The number of benzene rings is 1. The van der Waals surface area contributed by atoms with Crippen molar-refractivity contribution in [2.24, 2.45) is 0 Å². The molecule has 1 aromatic carbocycles. The Morgan fingerprint density at radius 3 is 2.47 bits per heavy atom. The smallest absolute Gasteiger partial charge is 0.254 e. The Hall–Kier alpha value is -1.80. The molecule has 1 aromatic rings. The van der Waals surface area contributed by atoms with E-state index in [4.69, 9.17) is 9.47 Å². The highest BCUT2D eigenvalue weighted by Gasteiger charge is 2.24. The molecule has 0 bridgehead atoms. The van der Waals surface area contributed by atoms with E-state index in [0.29, 0.717) is 54.3 Å². The second-order valence-electron chi connectivity index (χ2n) is 7.33. The molecule has 0 spiro atoms. The highest BCUT2D eigenvalue weighted by molar-refractivity contribution is 9.10. The molecule has 0 saturated carbocycles. The summed E-state index contributed by atoms with van der Waals surface area (Å²) in [5.74, 6) is 1.28. The maximum Gasteiger partial charge on any atom is 0.254 e. The number of carbonyl (C=O) groups is 2. The molecule has 0 radical (unpaired) electrons. The lowest BCUT2D eigenvalue weighted by Crippen LogP contribution is -2.42. The molecule has 0 aromatic heterocycles. The van der Waals surface area contributed by atoms with Crippen LogP contribution in [-0.4, -0.2) is 86.0 Å². The van der Waals surface area contributed by atoms with Crippen LogP contribution in [0, 0.1) is 0 Å². The number of ether oxygens (including phenoxy) is 2. The summed E-state index contributed by atoms with van der Waals surface area (Å²) < 4.78 is 11.9. The SMILES string of the molecule is CCCOc1c(Br)cc(C(=O)N2CCCN(CC(=O)N(CC)CC)CC2)cc1OC. The van der Waals surface area contributed by atoms with Crippen LogP contribution in [0.25, 0.3) is 0 Å². The van der Waals surface area contributed by atoms with E-state index in [1.807, 2.05) is 30.6 Å². The summed E-state index contributed by atoms with van der Waals surface area (Å²) in [5.41, 5.74) is 0.565. The Balaban J connectivity index is 2.05. The maximum absolute atomic E-state index is 13.1. The standard InChI is InChI=1S/C22H34BrN3O4/c1-5-13-30-21-18(23)14-17(15-19(21)29-4)22(28)26-10-8-9-24(11-12-26)16-20(27)25(6-2)7-3/h14-15H,5-13,16H2,1-4H3. The van der Waals surface area contributed by atoms with Gasteiger partial charge in [-0.15, -0.1) is 0 Å². The van der Waals surface area contributed by atoms with Gasteiger partial charge in [0.05, 0.1) is 24.7 Å². The fourth-order valence-electron chi connectivity index (χ4n) is 3.57. The molecule has 0 N–H and O–H groups in total. The summed E-state index contributed by atoms with van der Waals surface area (Å²) in [6.45, 7) is 11.2. The first-order valence-electron chi connectivity index (χ1n) is 10.7. The molecule has 2 amide bonds. The van der Waals surface area contributed by atoms with Crippen molar-refractivity contribution in [1.29, 1.82) is 0 Å². The van der Waals surface area contributed by atoms with Crippen LogP contribution < -0.4 is 9.47 Å². The molecular formula is C22H34BrN3O4. The van der Waals surface area contributed by atoms with Crippen molar-refractivity contribution in [1.82, 2.24) is 14.7 Å². The molecule has 2 rings (SSSR count). The first-order valence-corrected chi connectivity index (χ1v) is 11.5. The Kier molecular flexibility index (Phi) is 9.91. The molecule has 0 unspecified atom stereocenters. The predicted octanol–water partition coefficient (Wildman–Crippen LogP) is 3.26. The third kappa shape index (κ3) is 6.35. The molecule has 1 aliphatic rings. The summed E-state index contributed by atoms with van der Waals surface area (Å²) in [6.07, 6.45) is 1.73. The Morgan fingerprint density at radius 2 is 1.83 bits per heavy atom. The molecule has 0 aliphatic carbocycles. The van der Waals surface area contributed by atoms with Gasteiger partial charge < -0.3 is 19.3 Å². The average Bonchev–Trinajstić information content (AvgIpc) is 2.98. The lowest BCUT2D eigenvalue weighted by atomic mass is 10.1. The first kappa shape index (κ1) is 24.5. The second kappa shape index (κ2) is 12.2. The molecule has 8 heteroatoms. The Bertz CT molecular complexity index is 725. The van der Waals surface area contributed by atoms with Crippen LogP contribution in [0.2, 0.25) is 0 Å². The van der Waals surface area contributed by atoms with Crippen LogP contribution in [0.15, 0.2) is 16.6 Å². The minimum atomic E-state index is -0.0343. The highest BCUT2D eigenvalue weighted by Crippen LogP contribution is 2.37. The van der Waals surface area contributed by atoms with Crippen molar-refractivity contribution in [3.63, 3.8) is 0 Å². The van der Waals surface area contributed by atoms with Crippen molar-refractivity contribution in [3.05, 3.63) is 22.2 Å². The van der Waals surface area contributed by atoms with Gasteiger partial charge in [0.2, 0.25) is 5.91 Å². The van der Waals surface area contributed by atoms with Gasteiger partial charge in [-0.1, -0.05) is 6.92 Å². The fraction of sp³-hybridized carbons (Fsp3) is 0.636. The third-order valence-corrected chi connectivity index (χ3v) is 5.87. The molecule has 1 fully saturated rings. The lowest BCUT2D eigenvalue weighted by molar-refractivity contribution is -0.132. The van der Waals surface area contributed by atoms with E-state index in [0.717, 1.165) is 32.5 Å². The average molecular weight is 484 g/mol. The van der Waals surface area contributed by atoms with E-state index in [-0.39, 0.29) is 11.8 Å². The predicted molar refractivity (Wildman–Crippen MR) is 121 cm³/mol. The van der Waals surface area contributed by atoms with E-state index in [1.54, 1.807) is 19.2 Å². The minimum absolute atomic E-state index is 0.0343. The number of hydrogen-bond acceptors (Lipinski definition) is 5. The maximum atomic E-state index is 13.1. The fourth-order valence-corrected chi connectivity index (χ4v) is 4.13. The van der Waals surface area contributed by atoms with Gasteiger partial charge in [-0.3, -0.25) is 14.5 Å². The van der Waals surface area contributed by atoms with E-state index in [2.05, 4.69) is 20.8 Å². The van der Waals surface area contributed by atoms with E-state index < -0.39 is 0 Å². The van der Waals surface area contributed by atoms with Crippen LogP contribution >= 0.6 is 15.9 Å². The van der Waals surface area contributed by atoms with Crippen molar-refractivity contribution in [3.8, 4) is 11.5 Å². The number of halogens is 1. The van der Waals surface area contributed by atoms with Crippen molar-refractivity contribution in [2.75, 3.05) is 59.5 Å². The zero-order chi connectivity index (χ0) is 22.1.